The highest BCUT2D eigenvalue weighted by molar-refractivity contribution is 5.00. The van der Waals surface area contributed by atoms with Gasteiger partial charge in [0.25, 0.3) is 0 Å². The zero-order valence-electron chi connectivity index (χ0n) is 8.41. The number of rotatable bonds is 4. The van der Waals surface area contributed by atoms with Crippen LogP contribution in [0.2, 0.25) is 0 Å². The summed E-state index contributed by atoms with van der Waals surface area (Å²) in [5.74, 6) is 0.858. The molecule has 0 aliphatic rings. The molecule has 1 N–H and O–H groups in total. The van der Waals surface area contributed by atoms with E-state index in [1.165, 1.54) is 0 Å². The van der Waals surface area contributed by atoms with E-state index in [-0.39, 0.29) is 5.41 Å². The molecule has 0 aliphatic heterocycles. The predicted octanol–water partition coefficient (Wildman–Crippen LogP) is 1.83. The molecule has 0 radical (unpaired) electrons. The predicted molar refractivity (Wildman–Crippen MR) is 51.3 cm³/mol. The molecule has 1 aromatic heterocycles. The molecule has 1 heterocycles. The highest BCUT2D eigenvalue weighted by Gasteiger charge is 2.23. The summed E-state index contributed by atoms with van der Waals surface area (Å²) in [4.78, 5) is 0. The van der Waals surface area contributed by atoms with Crippen molar-refractivity contribution in [3.8, 4) is 0 Å². The Labute approximate surface area is 78.4 Å². The lowest BCUT2D eigenvalue weighted by Crippen LogP contribution is -2.18. The monoisotopic (exact) mass is 180 g/mol. The van der Waals surface area contributed by atoms with Crippen LogP contribution in [0.1, 0.15) is 39.4 Å². The SMILES string of the molecule is C/C=C\CCC(C)(C)c1nnn[nH]1. The molecule has 1 rings (SSSR count). The topological polar surface area (TPSA) is 54.5 Å². The molecular weight excluding hydrogens is 164 g/mol. The lowest BCUT2D eigenvalue weighted by atomic mass is 9.87. The van der Waals surface area contributed by atoms with Crippen molar-refractivity contribution in [3.05, 3.63) is 18.0 Å². The fourth-order valence-electron chi connectivity index (χ4n) is 1.18. The zero-order valence-corrected chi connectivity index (χ0v) is 8.41. The van der Waals surface area contributed by atoms with Crippen LogP contribution in [0.3, 0.4) is 0 Å². The molecule has 1 aromatic rings. The molecule has 13 heavy (non-hydrogen) atoms. The van der Waals surface area contributed by atoms with Crippen molar-refractivity contribution in [1.82, 2.24) is 20.6 Å². The van der Waals surface area contributed by atoms with Crippen LogP contribution in [0.5, 0.6) is 0 Å². The van der Waals surface area contributed by atoms with Crippen LogP contribution < -0.4 is 0 Å². The second-order valence-electron chi connectivity index (χ2n) is 3.74. The molecule has 0 saturated heterocycles. The second-order valence-corrected chi connectivity index (χ2v) is 3.74. The Morgan fingerprint density at radius 2 is 2.23 bits per heavy atom. The smallest absolute Gasteiger partial charge is 0.154 e. The van der Waals surface area contributed by atoms with Gasteiger partial charge in [0.1, 0.15) is 0 Å². The van der Waals surface area contributed by atoms with E-state index in [1.807, 2.05) is 6.92 Å². The minimum Gasteiger partial charge on any atom is -0.242 e. The van der Waals surface area contributed by atoms with Crippen molar-refractivity contribution in [2.75, 3.05) is 0 Å². The third kappa shape index (κ3) is 2.65. The van der Waals surface area contributed by atoms with Crippen LogP contribution in [-0.4, -0.2) is 20.6 Å². The first kappa shape index (κ1) is 9.89. The molecule has 0 bridgehead atoms. The summed E-state index contributed by atoms with van der Waals surface area (Å²) < 4.78 is 0. The normalized spacial score (nSPS) is 12.5. The van der Waals surface area contributed by atoms with Crippen LogP contribution >= 0.6 is 0 Å². The summed E-state index contributed by atoms with van der Waals surface area (Å²) in [6.07, 6.45) is 6.33. The van der Waals surface area contributed by atoms with Gasteiger partial charge in [-0.05, 0) is 30.2 Å². The van der Waals surface area contributed by atoms with Gasteiger partial charge in [-0.25, -0.2) is 5.10 Å². The summed E-state index contributed by atoms with van der Waals surface area (Å²) in [5.41, 5.74) is 0.0308. The standard InChI is InChI=1S/C9H16N4/c1-4-5-6-7-9(2,3)8-10-12-13-11-8/h4-5H,6-7H2,1-3H3,(H,10,11,12,13)/b5-4-. The van der Waals surface area contributed by atoms with Gasteiger partial charge in [-0.15, -0.1) is 5.10 Å². The molecule has 4 nitrogen and oxygen atoms in total. The van der Waals surface area contributed by atoms with Gasteiger partial charge in [-0.1, -0.05) is 26.0 Å². The molecule has 72 valence electrons. The van der Waals surface area contributed by atoms with Gasteiger partial charge in [0, 0.05) is 5.41 Å². The highest BCUT2D eigenvalue weighted by atomic mass is 15.5. The number of nitrogens with zero attached hydrogens (tertiary/aromatic N) is 3. The van der Waals surface area contributed by atoms with Crippen LogP contribution in [0.4, 0.5) is 0 Å². The molecular formula is C9H16N4. The second kappa shape index (κ2) is 4.16. The van der Waals surface area contributed by atoms with Gasteiger partial charge in [0.15, 0.2) is 5.82 Å². The summed E-state index contributed by atoms with van der Waals surface area (Å²) in [6.45, 7) is 6.31. The first-order chi connectivity index (χ1) is 6.17. The number of aromatic nitrogens is 4. The van der Waals surface area contributed by atoms with E-state index in [9.17, 15) is 0 Å². The highest BCUT2D eigenvalue weighted by Crippen LogP contribution is 2.24. The van der Waals surface area contributed by atoms with Crippen LogP contribution in [0.25, 0.3) is 0 Å². The molecule has 0 spiro atoms. The first-order valence-electron chi connectivity index (χ1n) is 4.52. The zero-order chi connectivity index (χ0) is 9.73. The quantitative estimate of drug-likeness (QED) is 0.719. The Morgan fingerprint density at radius 1 is 1.46 bits per heavy atom. The molecule has 0 saturated carbocycles. The van der Waals surface area contributed by atoms with Crippen LogP contribution in [0.15, 0.2) is 12.2 Å². The van der Waals surface area contributed by atoms with E-state index in [0.29, 0.717) is 0 Å². The van der Waals surface area contributed by atoms with Gasteiger partial charge >= 0.3 is 0 Å². The van der Waals surface area contributed by atoms with E-state index in [1.54, 1.807) is 0 Å². The average Bonchev–Trinajstić information content (AvgIpc) is 2.56. The molecule has 0 unspecified atom stereocenters. The number of H-pyrrole nitrogens is 1. The lowest BCUT2D eigenvalue weighted by Gasteiger charge is -2.19. The number of aromatic amines is 1. The Morgan fingerprint density at radius 3 is 2.77 bits per heavy atom. The minimum absolute atomic E-state index is 0.0308. The fourth-order valence-corrected chi connectivity index (χ4v) is 1.18. The van der Waals surface area contributed by atoms with E-state index >= 15 is 0 Å². The maximum absolute atomic E-state index is 3.93. The van der Waals surface area contributed by atoms with E-state index in [4.69, 9.17) is 0 Å². The molecule has 0 atom stereocenters. The van der Waals surface area contributed by atoms with Gasteiger partial charge in [0.05, 0.1) is 0 Å². The Balaban J connectivity index is 2.56. The van der Waals surface area contributed by atoms with Crippen molar-refractivity contribution < 1.29 is 0 Å². The number of hydrogen-bond acceptors (Lipinski definition) is 3. The average molecular weight is 180 g/mol. The largest absolute Gasteiger partial charge is 0.242 e. The van der Waals surface area contributed by atoms with Crippen molar-refractivity contribution >= 4 is 0 Å². The first-order valence-corrected chi connectivity index (χ1v) is 4.52. The molecule has 0 fully saturated rings. The Hall–Kier alpha value is -1.19. The van der Waals surface area contributed by atoms with Gasteiger partial charge in [-0.2, -0.15) is 0 Å². The lowest BCUT2D eigenvalue weighted by molar-refractivity contribution is 0.455. The summed E-state index contributed by atoms with van der Waals surface area (Å²) >= 11 is 0. The molecule has 0 aliphatic carbocycles. The fraction of sp³-hybridized carbons (Fsp3) is 0.667. The Kier molecular flexibility index (Phi) is 3.17. The molecule has 4 heteroatoms. The van der Waals surface area contributed by atoms with E-state index in [2.05, 4.69) is 46.6 Å². The summed E-state index contributed by atoms with van der Waals surface area (Å²) in [7, 11) is 0. The number of nitrogens with one attached hydrogen (secondary N) is 1. The van der Waals surface area contributed by atoms with Gasteiger partial charge < -0.3 is 0 Å². The number of hydrogen-bond donors (Lipinski definition) is 1. The summed E-state index contributed by atoms with van der Waals surface area (Å²) in [6, 6.07) is 0. The van der Waals surface area contributed by atoms with Crippen molar-refractivity contribution in [2.24, 2.45) is 0 Å². The van der Waals surface area contributed by atoms with Gasteiger partial charge in [0.2, 0.25) is 0 Å². The van der Waals surface area contributed by atoms with Crippen LogP contribution in [0, 0.1) is 0 Å². The summed E-state index contributed by atoms with van der Waals surface area (Å²) in [5, 5.41) is 13.9. The molecule has 0 amide bonds. The molecule has 0 aromatic carbocycles. The number of allylic oxidation sites excluding steroid dienone is 2. The minimum atomic E-state index is 0.0308. The van der Waals surface area contributed by atoms with Crippen LogP contribution in [-0.2, 0) is 5.41 Å². The van der Waals surface area contributed by atoms with E-state index in [0.717, 1.165) is 18.7 Å². The maximum Gasteiger partial charge on any atom is 0.154 e. The van der Waals surface area contributed by atoms with E-state index < -0.39 is 0 Å². The Bertz CT molecular complexity index is 261. The van der Waals surface area contributed by atoms with Crippen molar-refractivity contribution in [2.45, 2.75) is 39.0 Å². The third-order valence-corrected chi connectivity index (χ3v) is 2.16. The maximum atomic E-state index is 3.93. The van der Waals surface area contributed by atoms with Crippen molar-refractivity contribution in [1.29, 1.82) is 0 Å². The van der Waals surface area contributed by atoms with Gasteiger partial charge in [-0.3, -0.25) is 0 Å². The van der Waals surface area contributed by atoms with Crippen molar-refractivity contribution in [3.63, 3.8) is 0 Å². The number of tetrazole rings is 1. The third-order valence-electron chi connectivity index (χ3n) is 2.16.